The summed E-state index contributed by atoms with van der Waals surface area (Å²) in [5, 5.41) is 14.2. The third kappa shape index (κ3) is 5.00. The van der Waals surface area contributed by atoms with Crippen molar-refractivity contribution in [3.8, 4) is 5.75 Å². The molecule has 0 atom stereocenters. The summed E-state index contributed by atoms with van der Waals surface area (Å²) >= 11 is 1.71. The van der Waals surface area contributed by atoms with Crippen molar-refractivity contribution in [3.63, 3.8) is 0 Å². The molecular weight excluding hydrogens is 280 g/mol. The van der Waals surface area contributed by atoms with Gasteiger partial charge in [0.05, 0.1) is 18.4 Å². The van der Waals surface area contributed by atoms with Crippen LogP contribution in [-0.4, -0.2) is 42.8 Å². The second kappa shape index (κ2) is 8.31. The van der Waals surface area contributed by atoms with E-state index in [4.69, 9.17) is 9.84 Å². The van der Waals surface area contributed by atoms with E-state index in [0.717, 1.165) is 12.2 Å². The van der Waals surface area contributed by atoms with Gasteiger partial charge in [0.15, 0.2) is 0 Å². The highest BCUT2D eigenvalue weighted by atomic mass is 32.2. The molecule has 0 unspecified atom stereocenters. The predicted octanol–water partition coefficient (Wildman–Crippen LogP) is 2.27. The molecule has 0 bridgehead atoms. The number of thioether (sulfide) groups is 1. The van der Waals surface area contributed by atoms with Gasteiger partial charge in [-0.1, -0.05) is 0 Å². The fourth-order valence-corrected chi connectivity index (χ4v) is 1.96. The van der Waals surface area contributed by atoms with Gasteiger partial charge in [0, 0.05) is 6.54 Å². The summed E-state index contributed by atoms with van der Waals surface area (Å²) in [6, 6.07) is 3.91. The fourth-order valence-electron chi connectivity index (χ4n) is 1.52. The lowest BCUT2D eigenvalue weighted by Crippen LogP contribution is -2.30. The number of aromatic carboxylic acids is 1. The van der Waals surface area contributed by atoms with Crippen LogP contribution in [-0.2, 0) is 0 Å². The first-order chi connectivity index (χ1) is 9.58. The zero-order chi connectivity index (χ0) is 15.0. The molecule has 110 valence electrons. The van der Waals surface area contributed by atoms with Crippen LogP contribution in [0.5, 0.6) is 5.75 Å². The van der Waals surface area contributed by atoms with Crippen molar-refractivity contribution >= 4 is 29.4 Å². The monoisotopic (exact) mass is 298 g/mol. The SMILES string of the molecule is COc1ccc(C(=O)O)cc1NC(=O)NCCCSC. The molecule has 0 saturated carbocycles. The number of carbonyl (C=O) groups is 2. The van der Waals surface area contributed by atoms with Crippen molar-refractivity contribution in [1.82, 2.24) is 5.32 Å². The molecule has 0 heterocycles. The van der Waals surface area contributed by atoms with Crippen LogP contribution < -0.4 is 15.4 Å². The van der Waals surface area contributed by atoms with E-state index in [0.29, 0.717) is 18.0 Å². The van der Waals surface area contributed by atoms with E-state index in [1.54, 1.807) is 11.8 Å². The van der Waals surface area contributed by atoms with Crippen LogP contribution in [0.25, 0.3) is 0 Å². The summed E-state index contributed by atoms with van der Waals surface area (Å²) in [6.45, 7) is 0.563. The van der Waals surface area contributed by atoms with Gasteiger partial charge in [0.1, 0.15) is 5.75 Å². The fraction of sp³-hybridized carbons (Fsp3) is 0.385. The Morgan fingerprint density at radius 2 is 2.15 bits per heavy atom. The molecule has 6 nitrogen and oxygen atoms in total. The molecule has 0 spiro atoms. The van der Waals surface area contributed by atoms with E-state index < -0.39 is 5.97 Å². The molecule has 0 aromatic heterocycles. The number of ether oxygens (including phenoxy) is 1. The number of urea groups is 1. The van der Waals surface area contributed by atoms with Crippen molar-refractivity contribution in [2.75, 3.05) is 31.0 Å². The Labute approximate surface area is 121 Å². The zero-order valence-corrected chi connectivity index (χ0v) is 12.3. The lowest BCUT2D eigenvalue weighted by atomic mass is 10.2. The second-order valence-electron chi connectivity index (χ2n) is 3.95. The van der Waals surface area contributed by atoms with Gasteiger partial charge in [-0.3, -0.25) is 0 Å². The van der Waals surface area contributed by atoms with E-state index in [1.807, 2.05) is 6.26 Å². The molecule has 7 heteroatoms. The van der Waals surface area contributed by atoms with Crippen molar-refractivity contribution in [1.29, 1.82) is 0 Å². The number of benzene rings is 1. The van der Waals surface area contributed by atoms with Crippen LogP contribution in [0.2, 0.25) is 0 Å². The number of rotatable bonds is 7. The molecule has 20 heavy (non-hydrogen) atoms. The average molecular weight is 298 g/mol. The summed E-state index contributed by atoms with van der Waals surface area (Å²) < 4.78 is 5.09. The number of carboxylic acid groups (broad SMARTS) is 1. The number of nitrogens with one attached hydrogen (secondary N) is 2. The van der Waals surface area contributed by atoms with Crippen LogP contribution in [0.3, 0.4) is 0 Å². The highest BCUT2D eigenvalue weighted by molar-refractivity contribution is 7.98. The third-order valence-corrected chi connectivity index (χ3v) is 3.20. The lowest BCUT2D eigenvalue weighted by molar-refractivity contribution is 0.0697. The number of methoxy groups -OCH3 is 1. The normalized spacial score (nSPS) is 9.90. The Morgan fingerprint density at radius 1 is 1.40 bits per heavy atom. The quantitative estimate of drug-likeness (QED) is 0.672. The van der Waals surface area contributed by atoms with Gasteiger partial charge in [-0.2, -0.15) is 11.8 Å². The first kappa shape index (κ1) is 16.2. The molecule has 1 aromatic rings. The molecule has 1 aromatic carbocycles. The van der Waals surface area contributed by atoms with Crippen molar-refractivity contribution < 1.29 is 19.4 Å². The summed E-state index contributed by atoms with van der Waals surface area (Å²) in [5.74, 6) is 0.323. The van der Waals surface area contributed by atoms with Crippen LogP contribution in [0.1, 0.15) is 16.8 Å². The number of amides is 2. The van der Waals surface area contributed by atoms with Gasteiger partial charge in [0.25, 0.3) is 0 Å². The molecule has 1 rings (SSSR count). The molecule has 0 saturated heterocycles. The number of anilines is 1. The Kier molecular flexibility index (Phi) is 6.72. The van der Waals surface area contributed by atoms with Gasteiger partial charge in [0.2, 0.25) is 0 Å². The molecule has 0 radical (unpaired) electrons. The lowest BCUT2D eigenvalue weighted by Gasteiger charge is -2.11. The van der Waals surface area contributed by atoms with Gasteiger partial charge < -0.3 is 20.5 Å². The second-order valence-corrected chi connectivity index (χ2v) is 4.93. The molecule has 0 fully saturated rings. The average Bonchev–Trinajstić information content (AvgIpc) is 2.43. The predicted molar refractivity (Wildman–Crippen MR) is 80.0 cm³/mol. The maximum Gasteiger partial charge on any atom is 0.335 e. The van der Waals surface area contributed by atoms with E-state index in [1.165, 1.54) is 25.3 Å². The van der Waals surface area contributed by atoms with E-state index >= 15 is 0 Å². The maximum absolute atomic E-state index is 11.7. The van der Waals surface area contributed by atoms with Crippen LogP contribution in [0.15, 0.2) is 18.2 Å². The number of hydrogen-bond acceptors (Lipinski definition) is 4. The summed E-state index contributed by atoms with van der Waals surface area (Å²) in [4.78, 5) is 22.6. The number of carboxylic acids is 1. The van der Waals surface area contributed by atoms with Crippen molar-refractivity contribution in [3.05, 3.63) is 23.8 Å². The standard InChI is InChI=1S/C13H18N2O4S/c1-19-11-5-4-9(12(16)17)8-10(11)15-13(18)14-6-3-7-20-2/h4-5,8H,3,6-7H2,1-2H3,(H,16,17)(H2,14,15,18). The first-order valence-corrected chi connectivity index (χ1v) is 7.43. The minimum Gasteiger partial charge on any atom is -0.495 e. The van der Waals surface area contributed by atoms with Gasteiger partial charge in [-0.05, 0) is 36.6 Å². The molecular formula is C13H18N2O4S. The van der Waals surface area contributed by atoms with Crippen LogP contribution in [0, 0.1) is 0 Å². The molecule has 2 amide bonds. The number of hydrogen-bond donors (Lipinski definition) is 3. The van der Waals surface area contributed by atoms with E-state index in [2.05, 4.69) is 10.6 Å². The van der Waals surface area contributed by atoms with Crippen molar-refractivity contribution in [2.24, 2.45) is 0 Å². The van der Waals surface area contributed by atoms with Gasteiger partial charge in [-0.15, -0.1) is 0 Å². The molecule has 0 aliphatic rings. The molecule has 0 aliphatic carbocycles. The van der Waals surface area contributed by atoms with Crippen LogP contribution >= 0.6 is 11.8 Å². The van der Waals surface area contributed by atoms with Crippen LogP contribution in [0.4, 0.5) is 10.5 Å². The minimum absolute atomic E-state index is 0.0866. The Balaban J connectivity index is 2.67. The maximum atomic E-state index is 11.7. The summed E-state index contributed by atoms with van der Waals surface area (Å²) in [5.41, 5.74) is 0.415. The first-order valence-electron chi connectivity index (χ1n) is 6.03. The Hall–Kier alpha value is -1.89. The summed E-state index contributed by atoms with van der Waals surface area (Å²) in [6.07, 6.45) is 2.88. The molecule has 3 N–H and O–H groups in total. The third-order valence-electron chi connectivity index (χ3n) is 2.51. The highest BCUT2D eigenvalue weighted by Gasteiger charge is 2.11. The van der Waals surface area contributed by atoms with E-state index in [-0.39, 0.29) is 11.6 Å². The van der Waals surface area contributed by atoms with Gasteiger partial charge in [-0.25, -0.2) is 9.59 Å². The Bertz CT molecular complexity index is 479. The molecule has 0 aliphatic heterocycles. The Morgan fingerprint density at radius 3 is 2.75 bits per heavy atom. The van der Waals surface area contributed by atoms with E-state index in [9.17, 15) is 9.59 Å². The van der Waals surface area contributed by atoms with Gasteiger partial charge >= 0.3 is 12.0 Å². The largest absolute Gasteiger partial charge is 0.495 e. The topological polar surface area (TPSA) is 87.7 Å². The summed E-state index contributed by atoms with van der Waals surface area (Å²) in [7, 11) is 1.46. The smallest absolute Gasteiger partial charge is 0.335 e. The zero-order valence-electron chi connectivity index (χ0n) is 11.4. The minimum atomic E-state index is -1.06. The highest BCUT2D eigenvalue weighted by Crippen LogP contribution is 2.25. The van der Waals surface area contributed by atoms with Crippen molar-refractivity contribution in [2.45, 2.75) is 6.42 Å². The number of carbonyl (C=O) groups excluding carboxylic acids is 1.